The zero-order valence-corrected chi connectivity index (χ0v) is 27.7. The van der Waals surface area contributed by atoms with Crippen molar-refractivity contribution in [2.75, 3.05) is 30.3 Å². The van der Waals surface area contributed by atoms with Crippen molar-refractivity contribution in [3.63, 3.8) is 0 Å². The van der Waals surface area contributed by atoms with E-state index in [2.05, 4.69) is 97.7 Å². The van der Waals surface area contributed by atoms with E-state index in [9.17, 15) is 9.59 Å². The summed E-state index contributed by atoms with van der Waals surface area (Å²) in [4.78, 5) is 27.5. The van der Waals surface area contributed by atoms with Gasteiger partial charge in [0.25, 0.3) is 0 Å². The van der Waals surface area contributed by atoms with Crippen LogP contribution in [0.25, 0.3) is 10.1 Å². The van der Waals surface area contributed by atoms with E-state index in [1.807, 2.05) is 12.1 Å². The predicted molar refractivity (Wildman–Crippen MR) is 173 cm³/mol. The van der Waals surface area contributed by atoms with Crippen LogP contribution in [0.5, 0.6) is 5.75 Å². The first-order valence-electron chi connectivity index (χ1n) is 12.4. The van der Waals surface area contributed by atoms with Gasteiger partial charge >= 0.3 is 0 Å². The van der Waals surface area contributed by atoms with E-state index in [1.54, 1.807) is 6.07 Å². The number of benzene rings is 1. The molecule has 2 aromatic rings. The topological polar surface area (TPSA) is 46.6 Å². The third kappa shape index (κ3) is 9.32. The van der Waals surface area contributed by atoms with Crippen molar-refractivity contribution in [1.29, 1.82) is 0 Å². The van der Waals surface area contributed by atoms with Crippen LogP contribution < -0.4 is 14.4 Å². The molecule has 8 heteroatoms. The Kier molecular flexibility index (Phi) is 12.6. The summed E-state index contributed by atoms with van der Waals surface area (Å²) in [5, 5.41) is 1.29. The second-order valence-electron chi connectivity index (χ2n) is 9.91. The van der Waals surface area contributed by atoms with Crippen LogP contribution in [-0.4, -0.2) is 37.9 Å². The highest BCUT2D eigenvalue weighted by Gasteiger charge is 2.37. The molecule has 0 aliphatic heterocycles. The molecule has 0 N–H and O–H groups in total. The molecule has 0 fully saturated rings. The maximum atomic E-state index is 12.8. The number of carbonyl (C=O) groups excluding carboxylic acids is 1. The molecule has 1 aromatic heterocycles. The van der Waals surface area contributed by atoms with Gasteiger partial charge in [0.1, 0.15) is 5.75 Å². The first-order chi connectivity index (χ1) is 16.4. The Morgan fingerprint density at radius 1 is 1.14 bits per heavy atom. The fourth-order valence-corrected chi connectivity index (χ4v) is 8.67. The first-order valence-corrected chi connectivity index (χ1v) is 16.5. The van der Waals surface area contributed by atoms with Crippen molar-refractivity contribution in [3.8, 4) is 5.75 Å². The lowest BCUT2D eigenvalue weighted by molar-refractivity contribution is -0.118. The number of halogens is 2. The van der Waals surface area contributed by atoms with Crippen LogP contribution in [0, 0.1) is 5.41 Å². The van der Waals surface area contributed by atoms with Crippen LogP contribution >= 0.6 is 68.3 Å². The summed E-state index contributed by atoms with van der Waals surface area (Å²) in [5.41, 5.74) is 0.770. The molecule has 0 saturated carbocycles. The summed E-state index contributed by atoms with van der Waals surface area (Å²) in [5.74, 6) is 1.52. The lowest BCUT2D eigenvalue weighted by Crippen LogP contribution is -2.35. The molecule has 0 aliphatic rings. The number of rotatable bonds is 14. The Balaban J connectivity index is 1.85. The second-order valence-corrected chi connectivity index (χ2v) is 16.4. The molecule has 196 valence electrons. The molecule has 1 atom stereocenters. The minimum absolute atomic E-state index is 0.0177. The third-order valence-electron chi connectivity index (χ3n) is 6.07. The van der Waals surface area contributed by atoms with E-state index < -0.39 is 0 Å². The molecule has 35 heavy (non-hydrogen) atoms. The lowest BCUT2D eigenvalue weighted by atomic mass is 9.86. The molecule has 1 aromatic carbocycles. The molecule has 0 amide bonds. The van der Waals surface area contributed by atoms with E-state index in [1.165, 1.54) is 23.1 Å². The van der Waals surface area contributed by atoms with E-state index in [-0.39, 0.29) is 18.7 Å². The van der Waals surface area contributed by atoms with Gasteiger partial charge in [-0.3, -0.25) is 9.59 Å². The third-order valence-corrected chi connectivity index (χ3v) is 10.7. The van der Waals surface area contributed by atoms with Gasteiger partial charge in [-0.2, -0.15) is 0 Å². The molecule has 2 rings (SSSR count). The number of nitrogens with zero attached hydrogens (tertiary/aromatic N) is 1. The maximum absolute atomic E-state index is 12.8. The van der Waals surface area contributed by atoms with Gasteiger partial charge in [0, 0.05) is 43.1 Å². The Hall–Kier alpha value is -0.0700. The largest absolute Gasteiger partial charge is 0.493 e. The minimum Gasteiger partial charge on any atom is -0.493 e. The predicted octanol–water partition coefficient (Wildman–Crippen LogP) is 8.35. The Morgan fingerprint density at radius 3 is 2.46 bits per heavy atom. The van der Waals surface area contributed by atoms with Gasteiger partial charge in [0.05, 0.1) is 17.0 Å². The number of hydrogen-bond acceptors (Lipinski definition) is 6. The molecule has 0 bridgehead atoms. The molecule has 0 saturated heterocycles. The highest BCUT2D eigenvalue weighted by Crippen LogP contribution is 2.40. The van der Waals surface area contributed by atoms with Gasteiger partial charge in [0.15, 0.2) is 5.12 Å². The number of fused-ring (bicyclic) bond motifs is 1. The fraction of sp³-hybridized carbons (Fsp3) is 0.630. The molecule has 0 spiro atoms. The standard InChI is InChI=1S/C27H39I2NO3S2/c1-7-30(8-2)20-14-12-13-19-21(17-23(31)35-24(19)20)33-15-10-9-11-16-34-25(32)27(5,6)22(28)18-26(3,4)29/h12-14,17,22H,7-11,15-16,18H2,1-6H3. The molecule has 4 nitrogen and oxygen atoms in total. The second kappa shape index (κ2) is 14.2. The van der Waals surface area contributed by atoms with Crippen LogP contribution in [0.2, 0.25) is 0 Å². The van der Waals surface area contributed by atoms with Crippen molar-refractivity contribution in [2.24, 2.45) is 5.41 Å². The van der Waals surface area contributed by atoms with Gasteiger partial charge in [-0.1, -0.05) is 102 Å². The van der Waals surface area contributed by atoms with Gasteiger partial charge in [0.2, 0.25) is 4.74 Å². The van der Waals surface area contributed by atoms with Crippen LogP contribution in [0.4, 0.5) is 5.69 Å². The molecule has 1 heterocycles. The zero-order chi connectivity index (χ0) is 26.2. The van der Waals surface area contributed by atoms with Crippen molar-refractivity contribution in [1.82, 2.24) is 0 Å². The molecule has 1 unspecified atom stereocenters. The Labute approximate surface area is 246 Å². The first kappa shape index (κ1) is 31.1. The van der Waals surface area contributed by atoms with Crippen molar-refractivity contribution in [3.05, 3.63) is 33.8 Å². The number of alkyl halides is 2. The number of hydrogen-bond donors (Lipinski definition) is 0. The van der Waals surface area contributed by atoms with E-state index in [4.69, 9.17) is 4.74 Å². The van der Waals surface area contributed by atoms with Gasteiger partial charge < -0.3 is 9.64 Å². The lowest BCUT2D eigenvalue weighted by Gasteiger charge is -2.32. The quantitative estimate of drug-likeness (QED) is 0.111. The molecule has 0 aliphatic carbocycles. The average molecular weight is 744 g/mol. The summed E-state index contributed by atoms with van der Waals surface area (Å²) in [6.45, 7) is 15.2. The summed E-state index contributed by atoms with van der Waals surface area (Å²) in [7, 11) is 0. The van der Waals surface area contributed by atoms with Gasteiger partial charge in [-0.05, 0) is 51.7 Å². The molecular formula is C27H39I2NO3S2. The smallest absolute Gasteiger partial charge is 0.236 e. The van der Waals surface area contributed by atoms with Crippen molar-refractivity contribution < 1.29 is 9.53 Å². The highest BCUT2D eigenvalue weighted by atomic mass is 127. The van der Waals surface area contributed by atoms with E-state index >= 15 is 0 Å². The van der Waals surface area contributed by atoms with Crippen molar-refractivity contribution >= 4 is 89.2 Å². The van der Waals surface area contributed by atoms with Crippen LogP contribution in [0.15, 0.2) is 29.1 Å². The van der Waals surface area contributed by atoms with Crippen LogP contribution in [0.3, 0.4) is 0 Å². The monoisotopic (exact) mass is 743 g/mol. The van der Waals surface area contributed by atoms with Gasteiger partial charge in [-0.25, -0.2) is 0 Å². The summed E-state index contributed by atoms with van der Waals surface area (Å²) in [6.07, 6.45) is 3.90. The number of unbranched alkanes of at least 4 members (excludes halogenated alkanes) is 2. The fourth-order valence-electron chi connectivity index (χ4n) is 3.80. The van der Waals surface area contributed by atoms with Crippen LogP contribution in [0.1, 0.15) is 67.2 Å². The maximum Gasteiger partial charge on any atom is 0.236 e. The van der Waals surface area contributed by atoms with E-state index in [0.29, 0.717) is 16.3 Å². The summed E-state index contributed by atoms with van der Waals surface area (Å²) >= 11 is 7.68. The zero-order valence-electron chi connectivity index (χ0n) is 21.8. The summed E-state index contributed by atoms with van der Waals surface area (Å²) in [6, 6.07) is 7.78. The SMILES string of the molecule is CCN(CC)c1cccc2c(OCCCCCSC(=O)C(C)(C)C(I)CC(C)(C)I)cc(=O)sc12. The number of ether oxygens (including phenoxy) is 1. The molecular weight excluding hydrogens is 704 g/mol. The average Bonchev–Trinajstić information content (AvgIpc) is 2.78. The Morgan fingerprint density at radius 2 is 1.83 bits per heavy atom. The molecule has 0 radical (unpaired) electrons. The summed E-state index contributed by atoms with van der Waals surface area (Å²) < 4.78 is 7.59. The van der Waals surface area contributed by atoms with E-state index in [0.717, 1.165) is 60.3 Å². The minimum atomic E-state index is -0.327. The number of carbonyl (C=O) groups is 1. The van der Waals surface area contributed by atoms with Crippen molar-refractivity contribution in [2.45, 2.75) is 74.6 Å². The van der Waals surface area contributed by atoms with Gasteiger partial charge in [-0.15, -0.1) is 0 Å². The number of thioether (sulfide) groups is 1. The number of anilines is 1. The Bertz CT molecular complexity index is 1030. The normalized spacial score (nSPS) is 13.1. The van der Waals surface area contributed by atoms with Crippen LogP contribution in [-0.2, 0) is 4.79 Å². The highest BCUT2D eigenvalue weighted by molar-refractivity contribution is 14.1.